The average Bonchev–Trinajstić information content (AvgIpc) is 3.20. The Morgan fingerprint density at radius 3 is 2.25 bits per heavy atom. The zero-order valence-corrected chi connectivity index (χ0v) is 45.9. The number of phenols is 2. The van der Waals surface area contributed by atoms with Gasteiger partial charge in [0.15, 0.2) is 30.9 Å². The second-order valence-corrected chi connectivity index (χ2v) is 21.3. The molecule has 4 aliphatic heterocycles. The standard InChI is InChI=1S/C53H70N6O24/c1-21(2)38(58-31(62)18-56-30(61)9-10-32(63)64)48(73)57-25(20-79-50-45(71)44(70)41(67)29(19-60)82-50)47(72)54-11-12-55-52(74)53(75)16-24-35(43(69)37-36(40(24)66)39(65)23-7-6-8-27(76-4)34(23)42(37)68)28(17-53)81-33-15-26-46(22(3)80-33)83-49-51(77-5)78-14-13-59(26)49/h6-8,21-22,25-26,28-29,33,38,41,44-46,49-51,60,66-67,69-71,75H,9-20H2,1-5H3,(H,54,72)(H,55,74)(H,56,61)(H,57,73)(H,58,62)(H,63,64)/t22-,25?,26-,28-,29+,33-,38-,41+,44-,45+,46+,49+,50+,51-,53-/m0/s1. The molecule has 30 nitrogen and oxygen atoms in total. The number of ether oxygens (including phenoxy) is 8. The SMILES string of the molecule is COc1cccc2c1C(=O)c1c(O)c3c(c(O)c1C2=O)C[C@@](O)(C(=O)NCCNC(=O)C(CO[C@@H]1O[C@H](CO)[C@@H](O)[C@H](O)[C@H]1O)NC(=O)[C@@H](NC(=O)CNC(=O)CCC(=O)O)C(C)C)C[C@@H]3O[C@H]1C[C@H]2[C@H](O[C@@H]3[C@@H](OC)OCCN32)[C@H](C)O1. The van der Waals surface area contributed by atoms with Gasteiger partial charge in [-0.3, -0.25) is 43.3 Å². The van der Waals surface area contributed by atoms with Gasteiger partial charge < -0.3 is 105 Å². The molecule has 83 heavy (non-hydrogen) atoms. The van der Waals surface area contributed by atoms with Gasteiger partial charge in [-0.25, -0.2) is 0 Å². The number of nitrogens with one attached hydrogen (secondary N) is 5. The molecule has 5 amide bonds. The maximum atomic E-state index is 14.4. The van der Waals surface area contributed by atoms with Gasteiger partial charge in [0.25, 0.3) is 5.91 Å². The van der Waals surface area contributed by atoms with Crippen molar-refractivity contribution in [1.82, 2.24) is 31.5 Å². The van der Waals surface area contributed by atoms with E-state index in [2.05, 4.69) is 31.5 Å². The summed E-state index contributed by atoms with van der Waals surface area (Å²) in [6.45, 7) is 2.47. The van der Waals surface area contributed by atoms with Gasteiger partial charge in [0.2, 0.25) is 29.4 Å². The molecule has 0 bridgehead atoms. The second-order valence-electron chi connectivity index (χ2n) is 21.3. The molecule has 0 aromatic heterocycles. The molecule has 8 rings (SSSR count). The normalized spacial score (nSPS) is 29.9. The molecule has 456 valence electrons. The van der Waals surface area contributed by atoms with Crippen LogP contribution >= 0.6 is 0 Å². The number of aliphatic hydroxyl groups excluding tert-OH is 4. The number of phenolic OH excluding ortho intramolecular Hbond substituents is 2. The Kier molecular flexibility index (Phi) is 19.7. The van der Waals surface area contributed by atoms with Gasteiger partial charge in [-0.1, -0.05) is 26.0 Å². The number of nitrogens with zero attached hydrogens (tertiary/aromatic N) is 1. The molecule has 6 aliphatic rings. The Morgan fingerprint density at radius 2 is 1.57 bits per heavy atom. The first-order valence-electron chi connectivity index (χ1n) is 27.0. The Balaban J connectivity index is 1.00. The molecule has 4 fully saturated rings. The number of aliphatic carboxylic acids is 1. The number of carbonyl (C=O) groups excluding carboxylic acids is 7. The van der Waals surface area contributed by atoms with Crippen molar-refractivity contribution in [3.05, 3.63) is 51.6 Å². The van der Waals surface area contributed by atoms with E-state index in [0.717, 1.165) is 0 Å². The van der Waals surface area contributed by atoms with E-state index >= 15 is 0 Å². The quantitative estimate of drug-likeness (QED) is 0.0335. The Labute approximate surface area is 473 Å². The van der Waals surface area contributed by atoms with E-state index in [1.807, 2.05) is 0 Å². The van der Waals surface area contributed by atoms with Crippen molar-refractivity contribution in [2.75, 3.05) is 60.2 Å². The van der Waals surface area contributed by atoms with Crippen molar-refractivity contribution in [2.24, 2.45) is 5.92 Å². The summed E-state index contributed by atoms with van der Waals surface area (Å²) in [6, 6.07) is 0.840. The first-order valence-corrected chi connectivity index (χ1v) is 27.0. The third-order valence-corrected chi connectivity index (χ3v) is 15.5. The predicted molar refractivity (Wildman–Crippen MR) is 276 cm³/mol. The molecule has 0 radical (unpaired) electrons. The van der Waals surface area contributed by atoms with Crippen LogP contribution in [0, 0.1) is 5.92 Å². The number of fused-ring (bicyclic) bond motifs is 6. The summed E-state index contributed by atoms with van der Waals surface area (Å²) in [5.41, 5.74) is -4.47. The summed E-state index contributed by atoms with van der Waals surface area (Å²) < 4.78 is 46.9. The summed E-state index contributed by atoms with van der Waals surface area (Å²) in [5, 5.41) is 98.7. The lowest BCUT2D eigenvalue weighted by molar-refractivity contribution is -0.301. The molecule has 13 N–H and O–H groups in total. The Morgan fingerprint density at radius 1 is 0.843 bits per heavy atom. The van der Waals surface area contributed by atoms with Crippen LogP contribution in [-0.2, 0) is 68.3 Å². The lowest BCUT2D eigenvalue weighted by Gasteiger charge is -2.43. The topological polar surface area (TPSA) is 436 Å². The van der Waals surface area contributed by atoms with Crippen LogP contribution in [0.5, 0.6) is 17.2 Å². The van der Waals surface area contributed by atoms with Gasteiger partial charge in [0.1, 0.15) is 65.5 Å². The minimum atomic E-state index is -2.52. The van der Waals surface area contributed by atoms with Crippen LogP contribution in [-0.4, -0.2) is 238 Å². The van der Waals surface area contributed by atoms with Crippen LogP contribution in [0.4, 0.5) is 0 Å². The molecule has 2 aromatic carbocycles. The molecule has 0 spiro atoms. The molecule has 2 aliphatic carbocycles. The van der Waals surface area contributed by atoms with E-state index < -0.39 is 220 Å². The number of carboxylic acids is 1. The van der Waals surface area contributed by atoms with Crippen molar-refractivity contribution in [1.29, 1.82) is 0 Å². The first-order chi connectivity index (χ1) is 39.4. The number of carbonyl (C=O) groups is 8. The van der Waals surface area contributed by atoms with Crippen LogP contribution in [0.15, 0.2) is 18.2 Å². The number of methoxy groups -OCH3 is 2. The third-order valence-electron chi connectivity index (χ3n) is 15.5. The Hall–Kier alpha value is -6.52. The number of aromatic hydroxyl groups is 2. The minimum Gasteiger partial charge on any atom is -0.507 e. The van der Waals surface area contributed by atoms with Crippen molar-refractivity contribution in [2.45, 2.75) is 144 Å². The summed E-state index contributed by atoms with van der Waals surface area (Å²) in [4.78, 5) is 109. The van der Waals surface area contributed by atoms with Crippen LogP contribution in [0.3, 0.4) is 0 Å². The Bertz CT molecular complexity index is 2820. The number of benzene rings is 2. The largest absolute Gasteiger partial charge is 0.507 e. The van der Waals surface area contributed by atoms with Crippen molar-refractivity contribution >= 4 is 47.1 Å². The zero-order chi connectivity index (χ0) is 60.4. The maximum Gasteiger partial charge on any atom is 0.303 e. The molecule has 2 aromatic rings. The van der Waals surface area contributed by atoms with Gasteiger partial charge in [-0.2, -0.15) is 0 Å². The van der Waals surface area contributed by atoms with Crippen molar-refractivity contribution < 1.29 is 117 Å². The van der Waals surface area contributed by atoms with E-state index in [9.17, 15) is 74.1 Å². The number of rotatable bonds is 22. The van der Waals surface area contributed by atoms with E-state index in [-0.39, 0.29) is 40.5 Å². The van der Waals surface area contributed by atoms with Gasteiger partial charge in [0, 0.05) is 75.2 Å². The number of hydrogen-bond donors (Lipinski definition) is 13. The van der Waals surface area contributed by atoms with Crippen LogP contribution in [0.25, 0.3) is 0 Å². The van der Waals surface area contributed by atoms with Crippen LogP contribution in [0.1, 0.15) is 95.5 Å². The molecule has 15 atom stereocenters. The summed E-state index contributed by atoms with van der Waals surface area (Å²) >= 11 is 0. The smallest absolute Gasteiger partial charge is 0.303 e. The fourth-order valence-corrected chi connectivity index (χ4v) is 11.2. The van der Waals surface area contributed by atoms with Gasteiger partial charge in [0.05, 0.1) is 68.8 Å². The third kappa shape index (κ3) is 12.9. The number of amides is 5. The highest BCUT2D eigenvalue weighted by atomic mass is 16.7. The lowest BCUT2D eigenvalue weighted by Crippen LogP contribution is -2.61. The van der Waals surface area contributed by atoms with Crippen molar-refractivity contribution in [3.8, 4) is 17.2 Å². The van der Waals surface area contributed by atoms with Crippen LogP contribution in [0.2, 0.25) is 0 Å². The number of carboxylic acid groups (broad SMARTS) is 1. The van der Waals surface area contributed by atoms with E-state index in [0.29, 0.717) is 13.2 Å². The molecular formula is C53H70N6O24. The first kappa shape index (κ1) is 62.5. The minimum absolute atomic E-state index is 0.0223. The zero-order valence-electron chi connectivity index (χ0n) is 45.9. The molecule has 4 heterocycles. The number of aliphatic hydroxyl groups is 5. The highest BCUT2D eigenvalue weighted by molar-refractivity contribution is 6.31. The van der Waals surface area contributed by atoms with Crippen molar-refractivity contribution in [3.63, 3.8) is 0 Å². The summed E-state index contributed by atoms with van der Waals surface area (Å²) in [6.07, 6.45) is -15.9. The average molecular weight is 1180 g/mol. The second kappa shape index (κ2) is 26.2. The summed E-state index contributed by atoms with van der Waals surface area (Å²) in [5.74, 6) is -9.83. The molecule has 30 heteroatoms. The fraction of sp³-hybridized carbons (Fsp3) is 0.623. The van der Waals surface area contributed by atoms with E-state index in [1.165, 1.54) is 32.4 Å². The number of ketones is 2. The molecular weight excluding hydrogens is 1100 g/mol. The fourth-order valence-electron chi connectivity index (χ4n) is 11.2. The molecule has 0 saturated carbocycles. The predicted octanol–water partition coefficient (Wildman–Crippen LogP) is -4.19. The number of hydrogen-bond acceptors (Lipinski definition) is 24. The highest BCUT2D eigenvalue weighted by Crippen LogP contribution is 2.53. The summed E-state index contributed by atoms with van der Waals surface area (Å²) in [7, 11) is 2.78. The molecule has 1 unspecified atom stereocenters. The monoisotopic (exact) mass is 1170 g/mol. The van der Waals surface area contributed by atoms with Gasteiger partial charge in [-0.15, -0.1) is 0 Å². The van der Waals surface area contributed by atoms with Gasteiger partial charge >= 0.3 is 5.97 Å². The van der Waals surface area contributed by atoms with E-state index in [4.69, 9.17) is 43.0 Å². The van der Waals surface area contributed by atoms with Gasteiger partial charge in [-0.05, 0) is 18.9 Å². The highest BCUT2D eigenvalue weighted by Gasteiger charge is 2.56. The molecule has 4 saturated heterocycles. The lowest BCUT2D eigenvalue weighted by atomic mass is 9.72. The number of morpholine rings is 1. The maximum absolute atomic E-state index is 14.4. The van der Waals surface area contributed by atoms with Crippen LogP contribution < -0.4 is 31.3 Å². The van der Waals surface area contributed by atoms with E-state index in [1.54, 1.807) is 20.8 Å².